The lowest BCUT2D eigenvalue weighted by atomic mass is 9.91. The van der Waals surface area contributed by atoms with Gasteiger partial charge in [-0.15, -0.1) is 0 Å². The van der Waals surface area contributed by atoms with E-state index in [0.717, 1.165) is 27.4 Å². The molecule has 0 heterocycles. The predicted molar refractivity (Wildman–Crippen MR) is 84.1 cm³/mol. The van der Waals surface area contributed by atoms with Gasteiger partial charge in [-0.25, -0.2) is 0 Å². The summed E-state index contributed by atoms with van der Waals surface area (Å²) in [4.78, 5) is 12.2. The second-order valence-electron chi connectivity index (χ2n) is 4.70. The first-order valence-electron chi connectivity index (χ1n) is 6.56. The number of carbonyl (C=O) groups is 1. The zero-order chi connectivity index (χ0) is 13.5. The third-order valence-electron chi connectivity index (χ3n) is 3.20. The van der Waals surface area contributed by atoms with Gasteiger partial charge in [0, 0.05) is 20.9 Å². The smallest absolute Gasteiger partial charge is 0.163 e. The minimum Gasteiger partial charge on any atom is -0.294 e. The van der Waals surface area contributed by atoms with Gasteiger partial charge in [-0.05, 0) is 24.1 Å². The van der Waals surface area contributed by atoms with Gasteiger partial charge < -0.3 is 0 Å². The van der Waals surface area contributed by atoms with Gasteiger partial charge in [0.05, 0.1) is 0 Å². The van der Waals surface area contributed by atoms with Crippen molar-refractivity contribution >= 4 is 37.6 Å². The van der Waals surface area contributed by atoms with E-state index in [-0.39, 0.29) is 5.78 Å². The lowest BCUT2D eigenvalue weighted by Crippen LogP contribution is -2.08. The number of carbonyl (C=O) groups excluding carboxylic acids is 1. The Morgan fingerprint density at radius 3 is 2.28 bits per heavy atom. The molecule has 100 valence electrons. The highest BCUT2D eigenvalue weighted by molar-refractivity contribution is 9.11. The maximum Gasteiger partial charge on any atom is 0.163 e. The molecular weight excluding hydrogens is 356 g/mol. The highest BCUT2D eigenvalue weighted by atomic mass is 79.9. The van der Waals surface area contributed by atoms with Crippen LogP contribution in [-0.2, 0) is 0 Å². The molecule has 1 atom stereocenters. The zero-order valence-electron chi connectivity index (χ0n) is 11.0. The molecule has 0 aromatic heterocycles. The molecule has 3 heteroatoms. The van der Waals surface area contributed by atoms with E-state index in [1.54, 1.807) is 0 Å². The summed E-state index contributed by atoms with van der Waals surface area (Å²) >= 11 is 6.85. The van der Waals surface area contributed by atoms with E-state index < -0.39 is 0 Å². The summed E-state index contributed by atoms with van der Waals surface area (Å²) in [6.45, 7) is 4.37. The highest BCUT2D eigenvalue weighted by Gasteiger charge is 2.14. The molecule has 0 N–H and O–H groups in total. The largest absolute Gasteiger partial charge is 0.294 e. The molecule has 0 fully saturated rings. The summed E-state index contributed by atoms with van der Waals surface area (Å²) in [7, 11) is 0. The van der Waals surface area contributed by atoms with E-state index in [1.165, 1.54) is 12.8 Å². The molecule has 1 nitrogen and oxygen atoms in total. The first-order chi connectivity index (χ1) is 8.56. The van der Waals surface area contributed by atoms with Crippen molar-refractivity contribution in [3.8, 4) is 0 Å². The number of unbranched alkanes of at least 4 members (excludes halogenated alkanes) is 1. The van der Waals surface area contributed by atoms with Crippen LogP contribution in [0.5, 0.6) is 0 Å². The molecular formula is C15H20Br2O. The van der Waals surface area contributed by atoms with Crippen LogP contribution in [0.4, 0.5) is 0 Å². The molecule has 1 rings (SSSR count). The third kappa shape index (κ3) is 5.23. The van der Waals surface area contributed by atoms with E-state index in [4.69, 9.17) is 0 Å². The van der Waals surface area contributed by atoms with Gasteiger partial charge in [-0.3, -0.25) is 4.79 Å². The molecule has 1 aromatic rings. The fourth-order valence-electron chi connectivity index (χ4n) is 2.04. The van der Waals surface area contributed by atoms with Crippen LogP contribution < -0.4 is 0 Å². The maximum atomic E-state index is 12.2. The monoisotopic (exact) mass is 374 g/mol. The molecule has 0 saturated heterocycles. The normalized spacial score (nSPS) is 12.4. The van der Waals surface area contributed by atoms with Gasteiger partial charge in [0.2, 0.25) is 0 Å². The van der Waals surface area contributed by atoms with Crippen LogP contribution in [0.15, 0.2) is 27.1 Å². The molecule has 0 spiro atoms. The average molecular weight is 376 g/mol. The average Bonchev–Trinajstić information content (AvgIpc) is 2.32. The second kappa shape index (κ2) is 8.11. The SMILES string of the molecule is CCCCC(CC)CC(=O)c1cc(Br)cc(Br)c1. The number of ketones is 1. The van der Waals surface area contributed by atoms with Gasteiger partial charge in [0.1, 0.15) is 0 Å². The van der Waals surface area contributed by atoms with Crippen molar-refractivity contribution in [2.45, 2.75) is 46.0 Å². The Morgan fingerprint density at radius 2 is 1.78 bits per heavy atom. The van der Waals surface area contributed by atoms with Crippen LogP contribution in [0.2, 0.25) is 0 Å². The quantitative estimate of drug-likeness (QED) is 0.534. The summed E-state index contributed by atoms with van der Waals surface area (Å²) in [5, 5.41) is 0. The van der Waals surface area contributed by atoms with E-state index in [2.05, 4.69) is 45.7 Å². The number of hydrogen-bond donors (Lipinski definition) is 0. The predicted octanol–water partition coefficient (Wildman–Crippen LogP) is 6.00. The Hall–Kier alpha value is -0.150. The summed E-state index contributed by atoms with van der Waals surface area (Å²) in [6.07, 6.45) is 5.33. The number of benzene rings is 1. The van der Waals surface area contributed by atoms with Crippen LogP contribution in [0.25, 0.3) is 0 Å². The Kier molecular flexibility index (Phi) is 7.16. The number of hydrogen-bond acceptors (Lipinski definition) is 1. The number of halogens is 2. The fourth-order valence-corrected chi connectivity index (χ4v) is 3.33. The summed E-state index contributed by atoms with van der Waals surface area (Å²) in [5.41, 5.74) is 0.797. The molecule has 1 unspecified atom stereocenters. The second-order valence-corrected chi connectivity index (χ2v) is 6.53. The first-order valence-corrected chi connectivity index (χ1v) is 8.14. The van der Waals surface area contributed by atoms with Crippen LogP contribution in [0, 0.1) is 5.92 Å². The third-order valence-corrected chi connectivity index (χ3v) is 4.12. The Morgan fingerprint density at radius 1 is 1.17 bits per heavy atom. The van der Waals surface area contributed by atoms with Crippen molar-refractivity contribution < 1.29 is 4.79 Å². The van der Waals surface area contributed by atoms with E-state index in [1.807, 2.05) is 18.2 Å². The van der Waals surface area contributed by atoms with Gasteiger partial charge >= 0.3 is 0 Å². The van der Waals surface area contributed by atoms with Crippen LogP contribution in [0.1, 0.15) is 56.3 Å². The van der Waals surface area contributed by atoms with Gasteiger partial charge in [-0.1, -0.05) is 71.4 Å². The maximum absolute atomic E-state index is 12.2. The van der Waals surface area contributed by atoms with Crippen molar-refractivity contribution in [3.05, 3.63) is 32.7 Å². The zero-order valence-corrected chi connectivity index (χ0v) is 14.2. The van der Waals surface area contributed by atoms with Crippen LogP contribution in [0.3, 0.4) is 0 Å². The lowest BCUT2D eigenvalue weighted by molar-refractivity contribution is 0.0957. The Labute approximate surface area is 127 Å². The van der Waals surface area contributed by atoms with Gasteiger partial charge in [0.15, 0.2) is 5.78 Å². The molecule has 0 aliphatic rings. The molecule has 0 bridgehead atoms. The molecule has 0 amide bonds. The minimum atomic E-state index is 0.250. The molecule has 18 heavy (non-hydrogen) atoms. The summed E-state index contributed by atoms with van der Waals surface area (Å²) in [6, 6.07) is 5.75. The van der Waals surface area contributed by atoms with Crippen LogP contribution in [-0.4, -0.2) is 5.78 Å². The van der Waals surface area contributed by atoms with Crippen molar-refractivity contribution in [3.63, 3.8) is 0 Å². The van der Waals surface area contributed by atoms with E-state index in [9.17, 15) is 4.79 Å². The molecule has 0 aliphatic carbocycles. The molecule has 0 saturated carbocycles. The lowest BCUT2D eigenvalue weighted by Gasteiger charge is -2.13. The van der Waals surface area contributed by atoms with Gasteiger partial charge in [-0.2, -0.15) is 0 Å². The van der Waals surface area contributed by atoms with Crippen LogP contribution >= 0.6 is 31.9 Å². The molecule has 0 radical (unpaired) electrons. The van der Waals surface area contributed by atoms with E-state index >= 15 is 0 Å². The number of Topliss-reactive ketones (excluding diaryl/α,β-unsaturated/α-hetero) is 1. The minimum absolute atomic E-state index is 0.250. The summed E-state index contributed by atoms with van der Waals surface area (Å²) in [5.74, 6) is 0.773. The first kappa shape index (κ1) is 15.9. The topological polar surface area (TPSA) is 17.1 Å². The molecule has 1 aromatic carbocycles. The van der Waals surface area contributed by atoms with Crippen molar-refractivity contribution in [2.24, 2.45) is 5.92 Å². The van der Waals surface area contributed by atoms with E-state index in [0.29, 0.717) is 12.3 Å². The number of rotatable bonds is 7. The van der Waals surface area contributed by atoms with Crippen molar-refractivity contribution in [1.29, 1.82) is 0 Å². The molecule has 0 aliphatic heterocycles. The Balaban J connectivity index is 2.68. The van der Waals surface area contributed by atoms with Crippen molar-refractivity contribution in [2.75, 3.05) is 0 Å². The summed E-state index contributed by atoms with van der Waals surface area (Å²) < 4.78 is 1.89. The standard InChI is InChI=1S/C15H20Br2O/c1-3-5-6-11(4-2)7-15(18)12-8-13(16)10-14(17)9-12/h8-11H,3-7H2,1-2H3. The highest BCUT2D eigenvalue weighted by Crippen LogP contribution is 2.24. The van der Waals surface area contributed by atoms with Crippen molar-refractivity contribution in [1.82, 2.24) is 0 Å². The van der Waals surface area contributed by atoms with Gasteiger partial charge in [0.25, 0.3) is 0 Å². The fraction of sp³-hybridized carbons (Fsp3) is 0.533. The Bertz CT molecular complexity index is 381.